The van der Waals surface area contributed by atoms with Crippen LogP contribution in [0.15, 0.2) is 121 Å². The first-order valence-corrected chi connectivity index (χ1v) is 28.7. The van der Waals surface area contributed by atoms with Crippen molar-refractivity contribution in [1.29, 1.82) is 0 Å². The molecule has 1 fully saturated rings. The third-order valence-electron chi connectivity index (χ3n) is 13.9. The maximum atomic E-state index is 13.0. The van der Waals surface area contributed by atoms with E-state index in [9.17, 15) is 45.1 Å². The number of nitrogens with one attached hydrogen (secondary N) is 1. The summed E-state index contributed by atoms with van der Waals surface area (Å²) in [6.07, 6.45) is 26.4. The summed E-state index contributed by atoms with van der Waals surface area (Å²) in [4.78, 5) is 57.5. The Morgan fingerprint density at radius 2 is 1.41 bits per heavy atom. The number of terminal acetylenes is 2. The molecule has 0 aromatic heterocycles. The molecular formula is C57H63N4O11S3+. The molecule has 3 heterocycles. The number of hydrogen-bond donors (Lipinski definition) is 3. The highest BCUT2D eigenvalue weighted by Crippen LogP contribution is 2.50. The van der Waals surface area contributed by atoms with Gasteiger partial charge in [-0.25, -0.2) is 4.79 Å². The van der Waals surface area contributed by atoms with Crippen molar-refractivity contribution < 1.29 is 54.5 Å². The maximum Gasteiger partial charge on any atom is 0.333 e. The van der Waals surface area contributed by atoms with Crippen LogP contribution in [0.2, 0.25) is 0 Å². The third kappa shape index (κ3) is 13.1. The van der Waals surface area contributed by atoms with Crippen LogP contribution in [0.1, 0.15) is 129 Å². The van der Waals surface area contributed by atoms with Crippen molar-refractivity contribution in [2.75, 3.05) is 23.3 Å². The Bertz CT molecular complexity index is 3240. The van der Waals surface area contributed by atoms with Gasteiger partial charge < -0.3 is 15.1 Å². The predicted octanol–water partition coefficient (Wildman–Crippen LogP) is 10.3. The van der Waals surface area contributed by atoms with Gasteiger partial charge in [-0.15, -0.1) is 29.8 Å². The Balaban J connectivity index is 1.23. The van der Waals surface area contributed by atoms with E-state index in [-0.39, 0.29) is 47.8 Å². The first-order valence-electron chi connectivity index (χ1n) is 25.1. The van der Waals surface area contributed by atoms with Crippen LogP contribution in [0, 0.1) is 24.7 Å². The molecule has 3 amide bonds. The average Bonchev–Trinajstić information content (AvgIpc) is 3.87. The Hall–Kier alpha value is -6.54. The molecular weight excluding hydrogens is 1010 g/mol. The highest BCUT2D eigenvalue weighted by Gasteiger charge is 2.45. The number of carbonyl (C=O) groups excluding carboxylic acids is 4. The lowest BCUT2D eigenvalue weighted by Gasteiger charge is -2.27. The summed E-state index contributed by atoms with van der Waals surface area (Å²) in [5.74, 6) is 3.17. The van der Waals surface area contributed by atoms with Crippen LogP contribution in [0.3, 0.4) is 0 Å². The Labute approximate surface area is 444 Å². The van der Waals surface area contributed by atoms with Crippen LogP contribution in [0.5, 0.6) is 0 Å². The molecule has 3 aromatic rings. The molecule has 0 saturated carbocycles. The topological polar surface area (TPSA) is 208 Å². The second-order valence-electron chi connectivity index (χ2n) is 19.9. The molecule has 3 aliphatic heterocycles. The van der Waals surface area contributed by atoms with Crippen molar-refractivity contribution in [1.82, 2.24) is 5.06 Å². The van der Waals surface area contributed by atoms with Crippen molar-refractivity contribution in [3.05, 3.63) is 118 Å². The highest BCUT2D eigenvalue weighted by molar-refractivity contribution is 8.03. The molecule has 0 radical (unpaired) electrons. The van der Waals surface area contributed by atoms with Crippen molar-refractivity contribution in [3.63, 3.8) is 0 Å². The summed E-state index contributed by atoms with van der Waals surface area (Å²) >= 11 is 1.58. The van der Waals surface area contributed by atoms with E-state index in [1.807, 2.05) is 39.8 Å². The predicted molar refractivity (Wildman–Crippen MR) is 289 cm³/mol. The second kappa shape index (κ2) is 23.6. The molecule has 1 aliphatic carbocycles. The molecule has 4 aliphatic rings. The zero-order valence-electron chi connectivity index (χ0n) is 42.7. The largest absolute Gasteiger partial charge is 0.344 e. The number of amides is 3. The number of anilines is 2. The maximum absolute atomic E-state index is 13.0. The smallest absolute Gasteiger partial charge is 0.333 e. The first kappa shape index (κ1) is 56.2. The minimum absolute atomic E-state index is 0.00339. The van der Waals surface area contributed by atoms with Crippen molar-refractivity contribution >= 4 is 78.5 Å². The van der Waals surface area contributed by atoms with E-state index >= 15 is 0 Å². The Morgan fingerprint density at radius 1 is 0.773 bits per heavy atom. The molecule has 0 spiro atoms. The van der Waals surface area contributed by atoms with E-state index in [0.717, 1.165) is 99.8 Å². The molecule has 15 nitrogen and oxygen atoms in total. The molecule has 3 N–H and O–H groups in total. The van der Waals surface area contributed by atoms with Crippen molar-refractivity contribution in [3.8, 4) is 24.7 Å². The lowest BCUT2D eigenvalue weighted by molar-refractivity contribution is -0.438. The molecule has 7 rings (SSSR count). The van der Waals surface area contributed by atoms with Gasteiger partial charge in [-0.05, 0) is 136 Å². The fraction of sp³-hybridized carbons (Fsp3) is 0.386. The summed E-state index contributed by atoms with van der Waals surface area (Å²) < 4.78 is 71.7. The second-order valence-corrected chi connectivity index (χ2v) is 23.9. The number of thioether (sulfide) groups is 1. The number of imide groups is 1. The van der Waals surface area contributed by atoms with Gasteiger partial charge in [0.05, 0.1) is 15.2 Å². The van der Waals surface area contributed by atoms with Crippen LogP contribution in [-0.2, 0) is 55.1 Å². The molecule has 394 valence electrons. The number of fused-ring (bicyclic) bond motifs is 2. The fourth-order valence-electron chi connectivity index (χ4n) is 9.96. The molecule has 0 bridgehead atoms. The molecule has 1 saturated heterocycles. The van der Waals surface area contributed by atoms with Gasteiger partial charge in [0, 0.05) is 101 Å². The molecule has 3 aromatic carbocycles. The monoisotopic (exact) mass is 1080 g/mol. The normalized spacial score (nSPS) is 18.2. The van der Waals surface area contributed by atoms with E-state index in [0.29, 0.717) is 36.7 Å². The molecule has 0 atom stereocenters. The number of unbranched alkanes of at least 4 members (excludes halogenated alkanes) is 4. The fourth-order valence-corrected chi connectivity index (χ4v) is 12.1. The quantitative estimate of drug-likeness (QED) is 0.0299. The van der Waals surface area contributed by atoms with Gasteiger partial charge in [-0.2, -0.15) is 21.4 Å². The minimum atomic E-state index is -4.47. The van der Waals surface area contributed by atoms with Crippen LogP contribution in [0.4, 0.5) is 17.1 Å². The summed E-state index contributed by atoms with van der Waals surface area (Å²) in [6.45, 7) is 9.42. The van der Waals surface area contributed by atoms with E-state index in [2.05, 4.69) is 50.9 Å². The number of rotatable bonds is 21. The molecule has 75 heavy (non-hydrogen) atoms. The Kier molecular flexibility index (Phi) is 17.7. The van der Waals surface area contributed by atoms with Gasteiger partial charge in [0.1, 0.15) is 6.54 Å². The number of benzene rings is 3. The van der Waals surface area contributed by atoms with Gasteiger partial charge in [-0.1, -0.05) is 37.8 Å². The van der Waals surface area contributed by atoms with Gasteiger partial charge in [0.25, 0.3) is 32.1 Å². The summed E-state index contributed by atoms with van der Waals surface area (Å²) in [5.41, 5.74) is 6.48. The zero-order chi connectivity index (χ0) is 54.3. The van der Waals surface area contributed by atoms with Crippen molar-refractivity contribution in [2.45, 2.75) is 143 Å². The van der Waals surface area contributed by atoms with Crippen LogP contribution >= 0.6 is 11.8 Å². The average molecular weight is 1080 g/mol. The van der Waals surface area contributed by atoms with Gasteiger partial charge >= 0.3 is 5.97 Å². The van der Waals surface area contributed by atoms with E-state index in [4.69, 9.17) is 17.7 Å². The van der Waals surface area contributed by atoms with Gasteiger partial charge in [-0.3, -0.25) is 23.5 Å². The molecule has 0 unspecified atom stereocenters. The SMILES string of the molecule is C#CCCCCN1/C(=C/C=C2\CCCC(/C=C/C3=[N+](CCCCC#C)c4ccc(S(=O)(=O)O)cc4C3(C)C)=C2Sc2ccc(NC(=O)CCCC(=O)ON3C(=O)CCC3=O)cc2)C(C)(C)c2cc(S(=O)(=O)O)ccc21. The lowest BCUT2D eigenvalue weighted by Crippen LogP contribution is -2.32. The van der Waals surface area contributed by atoms with E-state index in [1.54, 1.807) is 48.2 Å². The van der Waals surface area contributed by atoms with Gasteiger partial charge in [0.2, 0.25) is 11.6 Å². The Morgan fingerprint density at radius 3 is 2.07 bits per heavy atom. The zero-order valence-corrected chi connectivity index (χ0v) is 45.1. The number of carbonyl (C=O) groups is 4. The number of nitrogens with zero attached hydrogens (tertiary/aromatic N) is 3. The van der Waals surface area contributed by atoms with E-state index in [1.165, 1.54) is 12.1 Å². The standard InChI is InChI=1S/C57H62N4O11S3/c1-7-9-11-13-35-59-47-29-27-43(74(66,67)68)37-45(47)56(3,4)49(59)31-21-39-17-15-18-40(22-32-50-57(5,6)46-38-44(75(69,70)71)28-30-48(46)60(50)36-14-12-10-8-2)55(39)73-42-25-23-41(24-26-42)58-51(62)19-16-20-54(65)72-61-52(63)33-34-53(61)64/h1-2,21-32,37-38H,9-20,33-36H2,3-6H3,(H2-,58,62,66,67,68,69,70,71)/p+1. The van der Waals surface area contributed by atoms with Crippen molar-refractivity contribution in [2.24, 2.45) is 0 Å². The van der Waals surface area contributed by atoms with Crippen LogP contribution < -0.4 is 10.2 Å². The van der Waals surface area contributed by atoms with Crippen LogP contribution in [0.25, 0.3) is 0 Å². The first-order chi connectivity index (χ1) is 35.5. The number of hydroxylamine groups is 2. The summed E-state index contributed by atoms with van der Waals surface area (Å²) in [6, 6.07) is 16.9. The van der Waals surface area contributed by atoms with Crippen LogP contribution in [-0.4, -0.2) is 78.1 Å². The summed E-state index contributed by atoms with van der Waals surface area (Å²) in [5, 5.41) is 3.36. The van der Waals surface area contributed by atoms with Gasteiger partial charge in [0.15, 0.2) is 5.71 Å². The number of hydrogen-bond acceptors (Lipinski definition) is 11. The third-order valence-corrected chi connectivity index (χ3v) is 16.9. The molecule has 18 heteroatoms. The van der Waals surface area contributed by atoms with E-state index < -0.39 is 48.8 Å². The lowest BCUT2D eigenvalue weighted by atomic mass is 9.81. The highest BCUT2D eigenvalue weighted by atomic mass is 32.2. The summed E-state index contributed by atoms with van der Waals surface area (Å²) in [7, 11) is -8.94. The number of allylic oxidation sites excluding steroid dienone is 7. The minimum Gasteiger partial charge on any atom is -0.344 e.